The molecule has 0 aromatic carbocycles. The lowest BCUT2D eigenvalue weighted by molar-refractivity contribution is -0.116. The topological polar surface area (TPSA) is 82.5 Å². The van der Waals surface area contributed by atoms with Crippen molar-refractivity contribution in [2.24, 2.45) is 23.7 Å². The molecule has 5 nitrogen and oxygen atoms in total. The minimum Gasteiger partial charge on any atom is -0.392 e. The average molecular weight is 455 g/mol. The Labute approximate surface area is 199 Å². The van der Waals surface area contributed by atoms with E-state index in [0.717, 1.165) is 44.9 Å². The fourth-order valence-electron chi connectivity index (χ4n) is 5.49. The van der Waals surface area contributed by atoms with Gasteiger partial charge in [0, 0.05) is 18.5 Å². The average Bonchev–Trinajstić information content (AvgIpc) is 3.30. The Hall–Kier alpha value is -1.98. The van der Waals surface area contributed by atoms with Crippen molar-refractivity contribution < 1.29 is 15.0 Å². The van der Waals surface area contributed by atoms with Gasteiger partial charge in [0.2, 0.25) is 5.91 Å². The molecule has 0 bridgehead atoms. The number of aromatic nitrogens is 1. The summed E-state index contributed by atoms with van der Waals surface area (Å²) in [5.41, 5.74) is 1.47. The van der Waals surface area contributed by atoms with Crippen LogP contribution in [0.25, 0.3) is 0 Å². The summed E-state index contributed by atoms with van der Waals surface area (Å²) in [6.07, 6.45) is 16.9. The smallest absolute Gasteiger partial charge is 0.225 e. The number of hydrogen-bond acceptors (Lipinski definition) is 4. The molecule has 3 rings (SSSR count). The molecule has 0 aliphatic heterocycles. The summed E-state index contributed by atoms with van der Waals surface area (Å²) in [6, 6.07) is 5.49. The van der Waals surface area contributed by atoms with E-state index < -0.39 is 6.10 Å². The van der Waals surface area contributed by atoms with Crippen LogP contribution in [0.5, 0.6) is 0 Å². The van der Waals surface area contributed by atoms with Crippen molar-refractivity contribution in [3.05, 3.63) is 48.2 Å². The largest absolute Gasteiger partial charge is 0.392 e. The standard InChI is InChI=1S/C28H42N2O3/c1-3-4-9-20(2)16-23(31)13-14-24-25-18-21(17-22(25)19-26(24)32)10-5-6-12-28(33)30-27-11-7-8-15-29-27/h7-8,11,13-15,17,20,22-26,31-32H,3-6,9-10,12,16,18-19H2,1-2H3,(H,29,30,33)/b14-13+/t20-,22-,23+,24+,25-,26+/m0/s1. The molecule has 2 aliphatic rings. The summed E-state index contributed by atoms with van der Waals surface area (Å²) >= 11 is 0. The monoisotopic (exact) mass is 454 g/mol. The van der Waals surface area contributed by atoms with Crippen LogP contribution in [0.3, 0.4) is 0 Å². The maximum atomic E-state index is 12.1. The zero-order valence-corrected chi connectivity index (χ0v) is 20.3. The maximum absolute atomic E-state index is 12.1. The molecular weight excluding hydrogens is 412 g/mol. The lowest BCUT2D eigenvalue weighted by atomic mass is 9.88. The Morgan fingerprint density at radius 1 is 1.30 bits per heavy atom. The van der Waals surface area contributed by atoms with Crippen molar-refractivity contribution >= 4 is 11.7 Å². The van der Waals surface area contributed by atoms with Crippen LogP contribution < -0.4 is 5.32 Å². The van der Waals surface area contributed by atoms with Crippen LogP contribution in [0, 0.1) is 23.7 Å². The maximum Gasteiger partial charge on any atom is 0.225 e. The van der Waals surface area contributed by atoms with Crippen LogP contribution >= 0.6 is 0 Å². The lowest BCUT2D eigenvalue weighted by Gasteiger charge is -2.19. The van der Waals surface area contributed by atoms with Crippen molar-refractivity contribution in [2.75, 3.05) is 5.32 Å². The van der Waals surface area contributed by atoms with Crippen molar-refractivity contribution in [1.29, 1.82) is 0 Å². The number of fused-ring (bicyclic) bond motifs is 1. The van der Waals surface area contributed by atoms with Crippen molar-refractivity contribution in [3.8, 4) is 0 Å². The van der Waals surface area contributed by atoms with Crippen LogP contribution in [-0.2, 0) is 4.79 Å². The van der Waals surface area contributed by atoms with E-state index in [1.165, 1.54) is 18.4 Å². The Balaban J connectivity index is 1.38. The first-order valence-corrected chi connectivity index (χ1v) is 12.9. The Kier molecular flexibility index (Phi) is 10.1. The number of anilines is 1. The molecule has 1 saturated carbocycles. The highest BCUT2D eigenvalue weighted by atomic mass is 16.3. The van der Waals surface area contributed by atoms with E-state index in [0.29, 0.717) is 30.0 Å². The number of nitrogens with zero attached hydrogens (tertiary/aromatic N) is 1. The van der Waals surface area contributed by atoms with E-state index in [2.05, 4.69) is 36.3 Å². The molecule has 5 heteroatoms. The molecule has 33 heavy (non-hydrogen) atoms. The molecule has 0 spiro atoms. The quantitative estimate of drug-likeness (QED) is 0.265. The third kappa shape index (κ3) is 8.08. The molecule has 1 amide bonds. The first-order chi connectivity index (χ1) is 16.0. The van der Waals surface area contributed by atoms with Crippen LogP contribution in [0.4, 0.5) is 5.82 Å². The molecule has 2 aliphatic carbocycles. The van der Waals surface area contributed by atoms with Crippen LogP contribution in [-0.4, -0.2) is 33.3 Å². The van der Waals surface area contributed by atoms with Crippen molar-refractivity contribution in [2.45, 2.75) is 90.3 Å². The second-order valence-corrected chi connectivity index (χ2v) is 10.1. The van der Waals surface area contributed by atoms with Gasteiger partial charge in [-0.2, -0.15) is 0 Å². The van der Waals surface area contributed by atoms with E-state index >= 15 is 0 Å². The molecule has 1 aromatic rings. The number of hydrogen-bond donors (Lipinski definition) is 3. The van der Waals surface area contributed by atoms with E-state index in [4.69, 9.17) is 0 Å². The molecule has 3 N–H and O–H groups in total. The van der Waals surface area contributed by atoms with Gasteiger partial charge >= 0.3 is 0 Å². The number of nitrogens with one attached hydrogen (secondary N) is 1. The van der Waals surface area contributed by atoms with E-state index in [-0.39, 0.29) is 17.9 Å². The molecule has 182 valence electrons. The van der Waals surface area contributed by atoms with E-state index in [1.807, 2.05) is 18.2 Å². The Morgan fingerprint density at radius 2 is 2.15 bits per heavy atom. The van der Waals surface area contributed by atoms with Gasteiger partial charge < -0.3 is 15.5 Å². The highest BCUT2D eigenvalue weighted by Crippen LogP contribution is 2.48. The van der Waals surface area contributed by atoms with Gasteiger partial charge in [0.05, 0.1) is 12.2 Å². The molecule has 1 heterocycles. The number of carbonyl (C=O) groups excluding carboxylic acids is 1. The minimum atomic E-state index is -0.422. The van der Waals surface area contributed by atoms with Gasteiger partial charge in [-0.25, -0.2) is 4.98 Å². The van der Waals surface area contributed by atoms with Crippen LogP contribution in [0.15, 0.2) is 48.2 Å². The predicted octanol–water partition coefficient (Wildman–Crippen LogP) is 5.66. The normalized spacial score (nSPS) is 26.2. The third-order valence-corrected chi connectivity index (χ3v) is 7.28. The molecule has 1 aromatic heterocycles. The van der Waals surface area contributed by atoms with Gasteiger partial charge in [-0.15, -0.1) is 0 Å². The van der Waals surface area contributed by atoms with Crippen LogP contribution in [0.1, 0.15) is 78.1 Å². The number of unbranched alkanes of at least 4 members (excludes halogenated alkanes) is 2. The molecule has 1 fully saturated rings. The second kappa shape index (κ2) is 13.0. The van der Waals surface area contributed by atoms with Crippen LogP contribution in [0.2, 0.25) is 0 Å². The van der Waals surface area contributed by atoms with Gasteiger partial charge in [0.1, 0.15) is 5.82 Å². The summed E-state index contributed by atoms with van der Waals surface area (Å²) in [5.74, 6) is 2.17. The summed E-state index contributed by atoms with van der Waals surface area (Å²) in [6.45, 7) is 4.41. The number of carbonyl (C=O) groups is 1. The fraction of sp³-hybridized carbons (Fsp3) is 0.643. The predicted molar refractivity (Wildman–Crippen MR) is 134 cm³/mol. The lowest BCUT2D eigenvalue weighted by Crippen LogP contribution is -2.18. The van der Waals surface area contributed by atoms with Gasteiger partial charge in [-0.05, 0) is 68.4 Å². The number of rotatable bonds is 13. The van der Waals surface area contributed by atoms with E-state index in [1.54, 1.807) is 12.3 Å². The summed E-state index contributed by atoms with van der Waals surface area (Å²) in [7, 11) is 0. The highest BCUT2D eigenvalue weighted by Gasteiger charge is 2.43. The molecule has 6 atom stereocenters. The van der Waals surface area contributed by atoms with Crippen molar-refractivity contribution in [3.63, 3.8) is 0 Å². The second-order valence-electron chi connectivity index (χ2n) is 10.1. The number of pyridine rings is 1. The Morgan fingerprint density at radius 3 is 2.91 bits per heavy atom. The third-order valence-electron chi connectivity index (χ3n) is 7.28. The molecule has 0 radical (unpaired) electrons. The minimum absolute atomic E-state index is 0.0156. The highest BCUT2D eigenvalue weighted by molar-refractivity contribution is 5.89. The fourth-order valence-corrected chi connectivity index (χ4v) is 5.49. The van der Waals surface area contributed by atoms with Gasteiger partial charge in [-0.1, -0.05) is 63.0 Å². The molecule has 0 saturated heterocycles. The first kappa shape index (κ1) is 25.6. The van der Waals surface area contributed by atoms with Crippen molar-refractivity contribution in [1.82, 2.24) is 4.98 Å². The Bertz CT molecular complexity index is 792. The zero-order chi connectivity index (χ0) is 23.6. The molecule has 0 unspecified atom stereocenters. The van der Waals surface area contributed by atoms with E-state index in [9.17, 15) is 15.0 Å². The zero-order valence-electron chi connectivity index (χ0n) is 20.3. The van der Waals surface area contributed by atoms with Gasteiger partial charge in [-0.3, -0.25) is 4.79 Å². The SMILES string of the molecule is CCCC[C@H](C)C[C@H](O)/C=C/[C@@H]1[C@H]2CC(CCCCC(=O)Nc3ccccn3)=C[C@H]2C[C@H]1O. The summed E-state index contributed by atoms with van der Waals surface area (Å²) < 4.78 is 0. The summed E-state index contributed by atoms with van der Waals surface area (Å²) in [5, 5.41) is 23.8. The number of aliphatic hydroxyl groups is 2. The first-order valence-electron chi connectivity index (χ1n) is 12.9. The van der Waals surface area contributed by atoms with Gasteiger partial charge in [0.25, 0.3) is 0 Å². The molecular formula is C28H42N2O3. The van der Waals surface area contributed by atoms with Gasteiger partial charge in [0.15, 0.2) is 0 Å². The summed E-state index contributed by atoms with van der Waals surface area (Å²) in [4.78, 5) is 16.2. The number of allylic oxidation sites excluding steroid dienone is 2. The number of aliphatic hydroxyl groups excluding tert-OH is 2. The number of amides is 1.